The lowest BCUT2D eigenvalue weighted by Gasteiger charge is -2.46. The van der Waals surface area contributed by atoms with Crippen molar-refractivity contribution in [3.63, 3.8) is 0 Å². The normalized spacial score (nSPS) is 18.6. The third-order valence-electron chi connectivity index (χ3n) is 4.72. The van der Waals surface area contributed by atoms with Crippen LogP contribution in [-0.2, 0) is 4.74 Å². The van der Waals surface area contributed by atoms with Gasteiger partial charge in [-0.25, -0.2) is 0 Å². The molecular formula is C18H36N2O. The van der Waals surface area contributed by atoms with Crippen LogP contribution in [0.5, 0.6) is 0 Å². The molecule has 0 aromatic rings. The van der Waals surface area contributed by atoms with Crippen LogP contribution in [0.2, 0.25) is 0 Å². The zero-order valence-corrected chi connectivity index (χ0v) is 14.5. The molecule has 1 N–H and O–H groups in total. The topological polar surface area (TPSA) is 24.5 Å². The van der Waals surface area contributed by atoms with Gasteiger partial charge in [-0.2, -0.15) is 0 Å². The summed E-state index contributed by atoms with van der Waals surface area (Å²) in [7, 11) is 0. The fraction of sp³-hybridized carbons (Fsp3) is 0.889. The molecule has 0 radical (unpaired) electrons. The van der Waals surface area contributed by atoms with E-state index in [1.54, 1.807) is 0 Å². The summed E-state index contributed by atoms with van der Waals surface area (Å²) in [5, 5.41) is 3.80. The van der Waals surface area contributed by atoms with E-state index in [2.05, 4.69) is 37.6 Å². The van der Waals surface area contributed by atoms with Crippen molar-refractivity contribution in [3.8, 4) is 0 Å². The third kappa shape index (κ3) is 6.50. The highest BCUT2D eigenvalue weighted by atomic mass is 16.5. The smallest absolute Gasteiger partial charge is 0.0594 e. The number of unbranched alkanes of at least 4 members (excludes halogenated alkanes) is 3. The van der Waals surface area contributed by atoms with E-state index in [4.69, 9.17) is 4.74 Å². The highest BCUT2D eigenvalue weighted by Gasteiger charge is 2.35. The second-order valence-electron chi connectivity index (χ2n) is 6.69. The molecule has 0 bridgehead atoms. The van der Waals surface area contributed by atoms with Crippen molar-refractivity contribution >= 4 is 0 Å². The quantitative estimate of drug-likeness (QED) is 0.466. The molecule has 0 saturated carbocycles. The predicted octanol–water partition coefficient (Wildman–Crippen LogP) is 3.60. The summed E-state index contributed by atoms with van der Waals surface area (Å²) in [4.78, 5) is 2.60. The van der Waals surface area contributed by atoms with E-state index in [0.717, 1.165) is 39.3 Å². The van der Waals surface area contributed by atoms with Crippen LogP contribution in [0.4, 0.5) is 0 Å². The molecule has 0 spiro atoms. The SMILES string of the molecule is C=CCCCCCC(NCCC)C(C)(C)N1CCOCC1. The monoisotopic (exact) mass is 296 g/mol. The number of morpholine rings is 1. The van der Waals surface area contributed by atoms with Crippen LogP contribution in [0, 0.1) is 0 Å². The lowest BCUT2D eigenvalue weighted by molar-refractivity contribution is -0.0246. The highest BCUT2D eigenvalue weighted by molar-refractivity contribution is 4.94. The Morgan fingerprint density at radius 1 is 1.24 bits per heavy atom. The summed E-state index contributed by atoms with van der Waals surface area (Å²) in [6, 6.07) is 0.569. The predicted molar refractivity (Wildman–Crippen MR) is 91.8 cm³/mol. The maximum Gasteiger partial charge on any atom is 0.0594 e. The number of nitrogens with one attached hydrogen (secondary N) is 1. The van der Waals surface area contributed by atoms with Gasteiger partial charge in [-0.05, 0) is 46.1 Å². The van der Waals surface area contributed by atoms with E-state index in [-0.39, 0.29) is 5.54 Å². The maximum atomic E-state index is 5.51. The summed E-state index contributed by atoms with van der Waals surface area (Å²) in [6.45, 7) is 15.8. The van der Waals surface area contributed by atoms with Crippen LogP contribution in [0.3, 0.4) is 0 Å². The first kappa shape index (κ1) is 18.7. The Morgan fingerprint density at radius 2 is 1.95 bits per heavy atom. The maximum absolute atomic E-state index is 5.51. The van der Waals surface area contributed by atoms with Crippen molar-refractivity contribution in [3.05, 3.63) is 12.7 Å². The van der Waals surface area contributed by atoms with Crippen molar-refractivity contribution in [2.45, 2.75) is 70.9 Å². The van der Waals surface area contributed by atoms with Gasteiger partial charge in [0.1, 0.15) is 0 Å². The summed E-state index contributed by atoms with van der Waals surface area (Å²) < 4.78 is 5.51. The first-order valence-electron chi connectivity index (χ1n) is 8.80. The van der Waals surface area contributed by atoms with E-state index in [9.17, 15) is 0 Å². The Balaban J connectivity index is 2.50. The molecule has 0 aromatic carbocycles. The number of hydrogen-bond acceptors (Lipinski definition) is 3. The van der Waals surface area contributed by atoms with Gasteiger partial charge in [-0.3, -0.25) is 4.90 Å². The van der Waals surface area contributed by atoms with Crippen LogP contribution in [-0.4, -0.2) is 49.3 Å². The summed E-state index contributed by atoms with van der Waals surface area (Å²) >= 11 is 0. The van der Waals surface area contributed by atoms with E-state index in [1.165, 1.54) is 32.1 Å². The zero-order valence-electron chi connectivity index (χ0n) is 14.5. The average Bonchev–Trinajstić information content (AvgIpc) is 2.50. The van der Waals surface area contributed by atoms with Gasteiger partial charge in [0.05, 0.1) is 13.2 Å². The Hall–Kier alpha value is -0.380. The first-order valence-corrected chi connectivity index (χ1v) is 8.80. The number of rotatable bonds is 11. The number of nitrogens with zero attached hydrogens (tertiary/aromatic N) is 1. The molecule has 21 heavy (non-hydrogen) atoms. The Kier molecular flexibility index (Phi) is 9.21. The molecule has 1 heterocycles. The van der Waals surface area contributed by atoms with Crippen LogP contribution in [0.25, 0.3) is 0 Å². The molecule has 1 unspecified atom stereocenters. The Labute approximate surface area is 132 Å². The number of hydrogen-bond donors (Lipinski definition) is 1. The molecule has 1 rings (SSSR count). The molecule has 1 fully saturated rings. The van der Waals surface area contributed by atoms with Gasteiger partial charge < -0.3 is 10.1 Å². The zero-order chi connectivity index (χ0) is 15.6. The molecule has 0 amide bonds. The minimum atomic E-state index is 0.206. The molecule has 0 aliphatic carbocycles. The van der Waals surface area contributed by atoms with Crippen molar-refractivity contribution < 1.29 is 4.74 Å². The molecular weight excluding hydrogens is 260 g/mol. The molecule has 3 heteroatoms. The first-order chi connectivity index (χ1) is 10.1. The van der Waals surface area contributed by atoms with Crippen molar-refractivity contribution in [1.29, 1.82) is 0 Å². The highest BCUT2D eigenvalue weighted by Crippen LogP contribution is 2.24. The van der Waals surface area contributed by atoms with Crippen molar-refractivity contribution in [2.75, 3.05) is 32.8 Å². The standard InChI is InChI=1S/C18H36N2O/c1-5-7-8-9-10-11-17(19-12-6-2)18(3,4)20-13-15-21-16-14-20/h5,17,19H,1,6-16H2,2-4H3. The lowest BCUT2D eigenvalue weighted by Crippen LogP contribution is -2.60. The second-order valence-corrected chi connectivity index (χ2v) is 6.69. The van der Waals surface area contributed by atoms with Gasteiger partial charge in [-0.1, -0.05) is 25.8 Å². The number of allylic oxidation sites excluding steroid dienone is 1. The molecule has 1 aliphatic heterocycles. The van der Waals surface area contributed by atoms with E-state index < -0.39 is 0 Å². The second kappa shape index (κ2) is 10.4. The van der Waals surface area contributed by atoms with Crippen molar-refractivity contribution in [1.82, 2.24) is 10.2 Å². The van der Waals surface area contributed by atoms with Crippen LogP contribution >= 0.6 is 0 Å². The fourth-order valence-electron chi connectivity index (χ4n) is 3.20. The average molecular weight is 296 g/mol. The fourth-order valence-corrected chi connectivity index (χ4v) is 3.20. The molecule has 3 nitrogen and oxygen atoms in total. The molecule has 1 atom stereocenters. The van der Waals surface area contributed by atoms with Crippen LogP contribution in [0.1, 0.15) is 59.3 Å². The van der Waals surface area contributed by atoms with Gasteiger partial charge in [-0.15, -0.1) is 6.58 Å². The summed E-state index contributed by atoms with van der Waals surface area (Å²) in [5.41, 5.74) is 0.206. The van der Waals surface area contributed by atoms with Gasteiger partial charge in [0, 0.05) is 24.7 Å². The van der Waals surface area contributed by atoms with Crippen molar-refractivity contribution in [2.24, 2.45) is 0 Å². The van der Waals surface area contributed by atoms with E-state index in [1.807, 2.05) is 6.08 Å². The van der Waals surface area contributed by atoms with Gasteiger partial charge >= 0.3 is 0 Å². The Bertz CT molecular complexity index is 272. The van der Waals surface area contributed by atoms with Gasteiger partial charge in [0.25, 0.3) is 0 Å². The summed E-state index contributed by atoms with van der Waals surface area (Å²) in [5.74, 6) is 0. The summed E-state index contributed by atoms with van der Waals surface area (Å²) in [6.07, 6.45) is 9.55. The third-order valence-corrected chi connectivity index (χ3v) is 4.72. The lowest BCUT2D eigenvalue weighted by atomic mass is 9.87. The molecule has 1 aliphatic rings. The van der Waals surface area contributed by atoms with E-state index in [0.29, 0.717) is 6.04 Å². The minimum absolute atomic E-state index is 0.206. The largest absolute Gasteiger partial charge is 0.379 e. The molecule has 1 saturated heterocycles. The van der Waals surface area contributed by atoms with Crippen LogP contribution < -0.4 is 5.32 Å². The van der Waals surface area contributed by atoms with E-state index >= 15 is 0 Å². The molecule has 124 valence electrons. The number of ether oxygens (including phenoxy) is 1. The molecule has 0 aromatic heterocycles. The van der Waals surface area contributed by atoms with Gasteiger partial charge in [0.2, 0.25) is 0 Å². The Morgan fingerprint density at radius 3 is 2.57 bits per heavy atom. The minimum Gasteiger partial charge on any atom is -0.379 e. The van der Waals surface area contributed by atoms with Crippen LogP contribution in [0.15, 0.2) is 12.7 Å². The van der Waals surface area contributed by atoms with Gasteiger partial charge in [0.15, 0.2) is 0 Å².